The van der Waals surface area contributed by atoms with Gasteiger partial charge in [-0.05, 0) is 36.8 Å². The second kappa shape index (κ2) is 10.2. The number of carbonyl (C=O) groups excluding carboxylic acids is 2. The predicted molar refractivity (Wildman–Crippen MR) is 112 cm³/mol. The van der Waals surface area contributed by atoms with Crippen LogP contribution in [0.1, 0.15) is 22.8 Å². The number of carbonyl (C=O) groups is 2. The van der Waals surface area contributed by atoms with Gasteiger partial charge < -0.3 is 19.4 Å². The molecule has 2 aromatic carbocycles. The number of amides is 2. The Balaban J connectivity index is 1.51. The van der Waals surface area contributed by atoms with Crippen LogP contribution in [0.2, 0.25) is 0 Å². The highest BCUT2D eigenvalue weighted by Crippen LogP contribution is 2.18. The van der Waals surface area contributed by atoms with E-state index in [4.69, 9.17) is 4.74 Å². The third-order valence-electron chi connectivity index (χ3n) is 5.50. The molecule has 1 aliphatic heterocycles. The zero-order valence-corrected chi connectivity index (χ0v) is 17.6. The maximum Gasteiger partial charge on any atom is 0.278 e. The highest BCUT2D eigenvalue weighted by atomic mass is 19.1. The lowest BCUT2D eigenvalue weighted by Crippen LogP contribution is -3.15. The minimum Gasteiger partial charge on any atom is -0.494 e. The number of quaternary nitrogens is 1. The van der Waals surface area contributed by atoms with Gasteiger partial charge in [-0.1, -0.05) is 24.3 Å². The zero-order chi connectivity index (χ0) is 21.5. The third kappa shape index (κ3) is 5.36. The summed E-state index contributed by atoms with van der Waals surface area (Å²) in [6.07, 6.45) is 0. The van der Waals surface area contributed by atoms with Crippen molar-refractivity contribution < 1.29 is 23.6 Å². The maximum atomic E-state index is 13.9. The first kappa shape index (κ1) is 21.8. The molecule has 0 bridgehead atoms. The summed E-state index contributed by atoms with van der Waals surface area (Å²) in [4.78, 5) is 30.1. The number of methoxy groups -OCH3 is 1. The molecule has 1 aliphatic rings. The van der Waals surface area contributed by atoms with Gasteiger partial charge in [-0.25, -0.2) is 4.39 Å². The van der Waals surface area contributed by atoms with Gasteiger partial charge in [0.15, 0.2) is 18.1 Å². The smallest absolute Gasteiger partial charge is 0.278 e. The molecule has 1 N–H and O–H groups in total. The van der Waals surface area contributed by atoms with E-state index in [0.29, 0.717) is 38.3 Å². The molecule has 0 saturated carbocycles. The molecule has 160 valence electrons. The van der Waals surface area contributed by atoms with Gasteiger partial charge in [0, 0.05) is 18.7 Å². The second-order valence-electron chi connectivity index (χ2n) is 7.46. The Hall–Kier alpha value is -2.93. The molecule has 0 unspecified atom stereocenters. The SMILES string of the molecule is CCN(Cc1ccc(OC)c(F)c1)C(=O)C[NH+]1CCN(C(=O)c2ccccc2)CC1. The van der Waals surface area contributed by atoms with Gasteiger partial charge in [0.2, 0.25) is 0 Å². The number of hydrogen-bond acceptors (Lipinski definition) is 3. The van der Waals surface area contributed by atoms with Crippen LogP contribution in [0.25, 0.3) is 0 Å². The van der Waals surface area contributed by atoms with E-state index < -0.39 is 5.82 Å². The fraction of sp³-hybridized carbons (Fsp3) is 0.391. The van der Waals surface area contributed by atoms with Gasteiger partial charge in [-0.3, -0.25) is 9.59 Å². The molecular formula is C23H29FN3O3+. The Morgan fingerprint density at radius 1 is 1.13 bits per heavy atom. The van der Waals surface area contributed by atoms with Crippen molar-refractivity contribution >= 4 is 11.8 Å². The Kier molecular flexibility index (Phi) is 7.41. The molecule has 0 aromatic heterocycles. The third-order valence-corrected chi connectivity index (χ3v) is 5.50. The van der Waals surface area contributed by atoms with Crippen molar-refractivity contribution in [1.29, 1.82) is 0 Å². The Morgan fingerprint density at radius 3 is 2.43 bits per heavy atom. The van der Waals surface area contributed by atoms with Gasteiger partial charge in [0.05, 0.1) is 33.3 Å². The van der Waals surface area contributed by atoms with Crippen LogP contribution < -0.4 is 9.64 Å². The van der Waals surface area contributed by atoms with Crippen molar-refractivity contribution in [3.05, 3.63) is 65.5 Å². The largest absolute Gasteiger partial charge is 0.494 e. The molecule has 1 saturated heterocycles. The van der Waals surface area contributed by atoms with E-state index in [1.165, 1.54) is 13.2 Å². The van der Waals surface area contributed by atoms with E-state index >= 15 is 0 Å². The molecular weight excluding hydrogens is 385 g/mol. The van der Waals surface area contributed by atoms with E-state index in [1.807, 2.05) is 42.2 Å². The lowest BCUT2D eigenvalue weighted by molar-refractivity contribution is -0.896. The first-order valence-electron chi connectivity index (χ1n) is 10.3. The number of ether oxygens (including phenoxy) is 1. The van der Waals surface area contributed by atoms with E-state index in [1.54, 1.807) is 17.0 Å². The van der Waals surface area contributed by atoms with Crippen LogP contribution in [0.15, 0.2) is 48.5 Å². The molecule has 7 heteroatoms. The first-order valence-corrected chi connectivity index (χ1v) is 10.3. The number of halogens is 1. The molecule has 1 heterocycles. The first-order chi connectivity index (χ1) is 14.5. The highest BCUT2D eigenvalue weighted by molar-refractivity contribution is 5.94. The van der Waals surface area contributed by atoms with E-state index in [2.05, 4.69) is 0 Å². The van der Waals surface area contributed by atoms with Crippen molar-refractivity contribution in [3.8, 4) is 5.75 Å². The molecule has 2 aromatic rings. The Morgan fingerprint density at radius 2 is 1.83 bits per heavy atom. The molecule has 0 aliphatic carbocycles. The molecule has 0 atom stereocenters. The Bertz CT molecular complexity index is 867. The van der Waals surface area contributed by atoms with Crippen molar-refractivity contribution in [1.82, 2.24) is 9.80 Å². The number of nitrogens with one attached hydrogen (secondary N) is 1. The lowest BCUT2D eigenvalue weighted by Gasteiger charge is -2.33. The minimum absolute atomic E-state index is 0.0339. The summed E-state index contributed by atoms with van der Waals surface area (Å²) >= 11 is 0. The van der Waals surface area contributed by atoms with Crippen LogP contribution in [-0.2, 0) is 11.3 Å². The minimum atomic E-state index is -0.427. The molecule has 0 spiro atoms. The van der Waals surface area contributed by atoms with E-state index in [9.17, 15) is 14.0 Å². The van der Waals surface area contributed by atoms with Crippen LogP contribution in [-0.4, -0.2) is 68.0 Å². The van der Waals surface area contributed by atoms with Crippen molar-refractivity contribution in [2.24, 2.45) is 0 Å². The number of likely N-dealkylation sites (N-methyl/N-ethyl adjacent to an activating group) is 1. The average Bonchev–Trinajstić information content (AvgIpc) is 2.78. The zero-order valence-electron chi connectivity index (χ0n) is 17.6. The summed E-state index contributed by atoms with van der Waals surface area (Å²) in [5.41, 5.74) is 1.43. The summed E-state index contributed by atoms with van der Waals surface area (Å²) in [6.45, 7) is 5.94. The van der Waals surface area contributed by atoms with Gasteiger partial charge in [-0.2, -0.15) is 0 Å². The van der Waals surface area contributed by atoms with Gasteiger partial charge in [-0.15, -0.1) is 0 Å². The lowest BCUT2D eigenvalue weighted by atomic mass is 10.1. The van der Waals surface area contributed by atoms with Crippen LogP contribution in [0.4, 0.5) is 4.39 Å². The summed E-state index contributed by atoms with van der Waals surface area (Å²) < 4.78 is 18.9. The molecule has 2 amide bonds. The fourth-order valence-electron chi connectivity index (χ4n) is 3.70. The quantitative estimate of drug-likeness (QED) is 0.742. The number of rotatable bonds is 7. The standard InChI is InChI=1S/C23H28FN3O3/c1-3-26(16-18-9-10-21(30-2)20(24)15-18)22(28)17-25-11-13-27(14-12-25)23(29)19-7-5-4-6-8-19/h4-10,15H,3,11-14,16-17H2,1-2H3/p+1. The van der Waals surface area contributed by atoms with Gasteiger partial charge in [0.1, 0.15) is 0 Å². The van der Waals surface area contributed by atoms with Crippen LogP contribution >= 0.6 is 0 Å². The summed E-state index contributed by atoms with van der Waals surface area (Å²) in [6, 6.07) is 14.0. The number of hydrogen-bond donors (Lipinski definition) is 1. The molecule has 6 nitrogen and oxygen atoms in total. The van der Waals surface area contributed by atoms with Crippen LogP contribution in [0.3, 0.4) is 0 Å². The monoisotopic (exact) mass is 414 g/mol. The summed E-state index contributed by atoms with van der Waals surface area (Å²) in [7, 11) is 1.43. The van der Waals surface area contributed by atoms with Crippen molar-refractivity contribution in [2.45, 2.75) is 13.5 Å². The average molecular weight is 415 g/mol. The number of benzene rings is 2. The summed E-state index contributed by atoms with van der Waals surface area (Å²) in [5.74, 6) is -0.159. The normalized spacial score (nSPS) is 14.4. The van der Waals surface area contributed by atoms with Crippen molar-refractivity contribution in [3.63, 3.8) is 0 Å². The highest BCUT2D eigenvalue weighted by Gasteiger charge is 2.27. The van der Waals surface area contributed by atoms with E-state index in [0.717, 1.165) is 23.6 Å². The second-order valence-corrected chi connectivity index (χ2v) is 7.46. The molecule has 3 rings (SSSR count). The molecule has 1 fully saturated rings. The Labute approximate surface area is 176 Å². The molecule has 30 heavy (non-hydrogen) atoms. The molecule has 0 radical (unpaired) electrons. The number of piperazine rings is 1. The fourth-order valence-corrected chi connectivity index (χ4v) is 3.70. The number of nitrogens with zero attached hydrogens (tertiary/aromatic N) is 2. The summed E-state index contributed by atoms with van der Waals surface area (Å²) in [5, 5.41) is 0. The topological polar surface area (TPSA) is 54.3 Å². The van der Waals surface area contributed by atoms with E-state index in [-0.39, 0.29) is 17.6 Å². The predicted octanol–water partition coefficient (Wildman–Crippen LogP) is 1.22. The maximum absolute atomic E-state index is 13.9. The van der Waals surface area contributed by atoms with Gasteiger partial charge >= 0.3 is 0 Å². The van der Waals surface area contributed by atoms with Crippen LogP contribution in [0.5, 0.6) is 5.75 Å². The van der Waals surface area contributed by atoms with Crippen LogP contribution in [0, 0.1) is 5.82 Å². The van der Waals surface area contributed by atoms with Crippen molar-refractivity contribution in [2.75, 3.05) is 46.4 Å². The van der Waals surface area contributed by atoms with Gasteiger partial charge in [0.25, 0.3) is 11.8 Å².